The van der Waals surface area contributed by atoms with Crippen molar-refractivity contribution in [3.63, 3.8) is 0 Å². The lowest BCUT2D eigenvalue weighted by Crippen LogP contribution is -2.54. The van der Waals surface area contributed by atoms with Crippen LogP contribution in [0.5, 0.6) is 17.2 Å². The van der Waals surface area contributed by atoms with E-state index in [1.165, 1.54) is 0 Å². The van der Waals surface area contributed by atoms with E-state index in [4.69, 9.17) is 13.3 Å². The predicted octanol–water partition coefficient (Wildman–Crippen LogP) is 5.18. The second kappa shape index (κ2) is 7.70. The Morgan fingerprint density at radius 2 is 0.833 bits per heavy atom. The van der Waals surface area contributed by atoms with Gasteiger partial charge in [-0.2, -0.15) is 0 Å². The molecule has 3 aromatic carbocycles. The summed E-state index contributed by atoms with van der Waals surface area (Å²) in [6, 6.07) is 29.7. The third-order valence-corrected chi connectivity index (χ3v) is 5.99. The molecule has 0 atom stereocenters. The van der Waals surface area contributed by atoms with Gasteiger partial charge in [-0.25, -0.2) is 0 Å². The second-order valence-electron chi connectivity index (χ2n) is 5.28. The van der Waals surface area contributed by atoms with Crippen molar-refractivity contribution in [1.82, 2.24) is 0 Å². The van der Waals surface area contributed by atoms with Gasteiger partial charge in [-0.05, 0) is 36.4 Å². The maximum absolute atomic E-state index is 6.25. The molecule has 0 N–H and O–H groups in total. The van der Waals surface area contributed by atoms with E-state index in [0.717, 1.165) is 17.2 Å². The Bertz CT molecular complexity index is 631. The van der Waals surface area contributed by atoms with Gasteiger partial charge in [-0.1, -0.05) is 61.5 Å². The van der Waals surface area contributed by atoms with E-state index < -0.39 is 8.80 Å². The molecule has 3 rings (SSSR count). The van der Waals surface area contributed by atoms with Crippen LogP contribution in [-0.2, 0) is 0 Å². The fourth-order valence-electron chi connectivity index (χ4n) is 2.28. The summed E-state index contributed by atoms with van der Waals surface area (Å²) in [7, 11) is -2.99. The molecule has 0 radical (unpaired) electrons. The Balaban J connectivity index is 1.91. The van der Waals surface area contributed by atoms with Crippen LogP contribution < -0.4 is 13.3 Å². The van der Waals surface area contributed by atoms with Gasteiger partial charge in [0.2, 0.25) is 0 Å². The monoisotopic (exact) mass is 336 g/mol. The van der Waals surface area contributed by atoms with E-state index in [9.17, 15) is 0 Å². The highest BCUT2D eigenvalue weighted by molar-refractivity contribution is 6.63. The molecule has 0 fully saturated rings. The van der Waals surface area contributed by atoms with E-state index in [0.29, 0.717) is 6.04 Å². The quantitative estimate of drug-likeness (QED) is 0.556. The Hall–Kier alpha value is -2.72. The van der Waals surface area contributed by atoms with Gasteiger partial charge in [0, 0.05) is 0 Å². The van der Waals surface area contributed by atoms with E-state index in [1.807, 2.05) is 97.9 Å². The highest BCUT2D eigenvalue weighted by Gasteiger charge is 2.47. The SMILES string of the molecule is CC[Si](Oc1ccccc1)(Oc1ccccc1)Oc1ccccc1. The van der Waals surface area contributed by atoms with Crippen LogP contribution in [0.3, 0.4) is 0 Å². The maximum Gasteiger partial charge on any atom is 0.699 e. The van der Waals surface area contributed by atoms with Crippen molar-refractivity contribution in [3.05, 3.63) is 91.0 Å². The van der Waals surface area contributed by atoms with E-state index >= 15 is 0 Å². The number of hydrogen-bond acceptors (Lipinski definition) is 3. The van der Waals surface area contributed by atoms with Crippen LogP contribution in [0.4, 0.5) is 0 Å². The summed E-state index contributed by atoms with van der Waals surface area (Å²) < 4.78 is 18.8. The van der Waals surface area contributed by atoms with Crippen LogP contribution in [0.2, 0.25) is 6.04 Å². The summed E-state index contributed by atoms with van der Waals surface area (Å²) in [5.41, 5.74) is 0. The molecule has 122 valence electrons. The number of hydrogen-bond donors (Lipinski definition) is 0. The highest BCUT2D eigenvalue weighted by Crippen LogP contribution is 2.26. The first-order valence-corrected chi connectivity index (χ1v) is 9.95. The molecule has 0 aliphatic heterocycles. The van der Waals surface area contributed by atoms with Gasteiger partial charge in [0.25, 0.3) is 0 Å². The summed E-state index contributed by atoms with van der Waals surface area (Å²) in [6.45, 7) is 2.03. The molecular formula is C20H20O3Si. The van der Waals surface area contributed by atoms with Gasteiger partial charge in [0.1, 0.15) is 17.2 Å². The van der Waals surface area contributed by atoms with Crippen molar-refractivity contribution in [1.29, 1.82) is 0 Å². The highest BCUT2D eigenvalue weighted by atomic mass is 28.4. The van der Waals surface area contributed by atoms with Crippen molar-refractivity contribution >= 4 is 8.80 Å². The van der Waals surface area contributed by atoms with Crippen molar-refractivity contribution in [3.8, 4) is 17.2 Å². The number of rotatable bonds is 7. The van der Waals surface area contributed by atoms with Gasteiger partial charge in [0.15, 0.2) is 0 Å². The van der Waals surface area contributed by atoms with Gasteiger partial charge in [-0.3, -0.25) is 0 Å². The lowest BCUT2D eigenvalue weighted by Gasteiger charge is -2.29. The standard InChI is InChI=1S/C20H20O3Si/c1-2-24(21-18-12-6-3-7-13-18,22-19-14-8-4-9-15-19)23-20-16-10-5-11-17-20/h3-17H,2H2,1H3. The molecule has 0 bridgehead atoms. The smallest absolute Gasteiger partial charge is 0.483 e. The minimum Gasteiger partial charge on any atom is -0.483 e. The number of para-hydroxylation sites is 3. The fraction of sp³-hybridized carbons (Fsp3) is 0.100. The van der Waals surface area contributed by atoms with Crippen LogP contribution in [0.25, 0.3) is 0 Å². The van der Waals surface area contributed by atoms with Crippen LogP contribution in [0.1, 0.15) is 6.92 Å². The van der Waals surface area contributed by atoms with Crippen LogP contribution in [-0.4, -0.2) is 8.80 Å². The molecule has 0 saturated carbocycles. The molecule has 3 aromatic rings. The second-order valence-corrected chi connectivity index (χ2v) is 7.97. The summed E-state index contributed by atoms with van der Waals surface area (Å²) >= 11 is 0. The predicted molar refractivity (Wildman–Crippen MR) is 97.4 cm³/mol. The molecule has 24 heavy (non-hydrogen) atoms. The summed E-state index contributed by atoms with van der Waals surface area (Å²) in [5.74, 6) is 2.24. The lowest BCUT2D eigenvalue weighted by molar-refractivity contribution is 0.262. The van der Waals surface area contributed by atoms with E-state index in [-0.39, 0.29) is 0 Å². The summed E-state index contributed by atoms with van der Waals surface area (Å²) in [4.78, 5) is 0. The molecule has 0 amide bonds. The maximum atomic E-state index is 6.25. The largest absolute Gasteiger partial charge is 0.699 e. The minimum atomic E-state index is -2.99. The van der Waals surface area contributed by atoms with Gasteiger partial charge < -0.3 is 13.3 Å². The molecular weight excluding hydrogens is 316 g/mol. The molecule has 4 heteroatoms. The summed E-state index contributed by atoms with van der Waals surface area (Å²) in [5, 5.41) is 0. The molecule has 0 heterocycles. The van der Waals surface area contributed by atoms with Crippen LogP contribution in [0, 0.1) is 0 Å². The third-order valence-electron chi connectivity index (χ3n) is 3.48. The first-order chi connectivity index (χ1) is 11.8. The molecule has 0 aromatic heterocycles. The first-order valence-electron chi connectivity index (χ1n) is 8.02. The Labute approximate surface area is 143 Å². The summed E-state index contributed by atoms with van der Waals surface area (Å²) in [6.07, 6.45) is 0. The van der Waals surface area contributed by atoms with Crippen LogP contribution >= 0.6 is 0 Å². The zero-order chi connectivity index (χ0) is 16.7. The molecule has 0 aliphatic rings. The van der Waals surface area contributed by atoms with Crippen molar-refractivity contribution in [2.45, 2.75) is 13.0 Å². The Morgan fingerprint density at radius 1 is 0.542 bits per heavy atom. The van der Waals surface area contributed by atoms with Crippen LogP contribution in [0.15, 0.2) is 91.0 Å². The van der Waals surface area contributed by atoms with Gasteiger partial charge in [-0.15, -0.1) is 0 Å². The topological polar surface area (TPSA) is 27.7 Å². The number of benzene rings is 3. The molecule has 3 nitrogen and oxygen atoms in total. The molecule has 0 unspecified atom stereocenters. The van der Waals surface area contributed by atoms with E-state index in [2.05, 4.69) is 0 Å². The average Bonchev–Trinajstić information content (AvgIpc) is 2.64. The van der Waals surface area contributed by atoms with Crippen molar-refractivity contribution in [2.24, 2.45) is 0 Å². The normalized spacial score (nSPS) is 10.9. The van der Waals surface area contributed by atoms with Crippen molar-refractivity contribution in [2.75, 3.05) is 0 Å². The fourth-order valence-corrected chi connectivity index (χ4v) is 4.33. The van der Waals surface area contributed by atoms with Crippen molar-refractivity contribution < 1.29 is 13.3 Å². The lowest BCUT2D eigenvalue weighted by atomic mass is 10.3. The Kier molecular flexibility index (Phi) is 5.18. The first kappa shape index (κ1) is 16.1. The molecule has 0 aliphatic carbocycles. The molecule has 0 spiro atoms. The third kappa shape index (κ3) is 4.17. The zero-order valence-corrected chi connectivity index (χ0v) is 14.6. The minimum absolute atomic E-state index is 0.645. The van der Waals surface area contributed by atoms with Gasteiger partial charge in [0.05, 0.1) is 6.04 Å². The van der Waals surface area contributed by atoms with Gasteiger partial charge >= 0.3 is 8.80 Å². The Morgan fingerprint density at radius 3 is 1.08 bits per heavy atom. The average molecular weight is 336 g/mol. The molecule has 0 saturated heterocycles. The van der Waals surface area contributed by atoms with E-state index in [1.54, 1.807) is 0 Å². The zero-order valence-electron chi connectivity index (χ0n) is 13.6.